The van der Waals surface area contributed by atoms with E-state index in [1.165, 1.54) is 5.56 Å². The second-order valence-corrected chi connectivity index (χ2v) is 4.86. The fraction of sp³-hybridized carbons (Fsp3) is 0.200. The van der Waals surface area contributed by atoms with Gasteiger partial charge in [0.25, 0.3) is 0 Å². The Labute approximate surface area is 111 Å². The molecule has 19 heavy (non-hydrogen) atoms. The number of carbonyl (C=O) groups is 1. The molecule has 0 aliphatic heterocycles. The summed E-state index contributed by atoms with van der Waals surface area (Å²) >= 11 is 0. The molecule has 1 fully saturated rings. The highest BCUT2D eigenvalue weighted by atomic mass is 16.2. The van der Waals surface area contributed by atoms with Crippen LogP contribution >= 0.6 is 0 Å². The van der Waals surface area contributed by atoms with Crippen molar-refractivity contribution in [2.75, 3.05) is 11.1 Å². The number of amides is 1. The van der Waals surface area contributed by atoms with E-state index in [9.17, 15) is 4.79 Å². The molecule has 1 aromatic carbocycles. The van der Waals surface area contributed by atoms with Gasteiger partial charge in [-0.15, -0.1) is 0 Å². The minimum absolute atomic E-state index is 0.0428. The van der Waals surface area contributed by atoms with E-state index >= 15 is 0 Å². The van der Waals surface area contributed by atoms with Crippen molar-refractivity contribution in [3.05, 3.63) is 54.4 Å². The lowest BCUT2D eigenvalue weighted by Gasteiger charge is -2.05. The summed E-state index contributed by atoms with van der Waals surface area (Å²) in [6.07, 6.45) is 4.07. The Bertz CT molecular complexity index is 597. The largest absolute Gasteiger partial charge is 0.397 e. The van der Waals surface area contributed by atoms with Gasteiger partial charge in [-0.05, 0) is 24.0 Å². The third-order valence-electron chi connectivity index (χ3n) is 3.38. The molecule has 1 saturated carbocycles. The average Bonchev–Trinajstić information content (AvgIpc) is 3.20. The molecule has 0 saturated heterocycles. The Morgan fingerprint density at radius 3 is 2.79 bits per heavy atom. The van der Waals surface area contributed by atoms with Crippen LogP contribution in [0.4, 0.5) is 11.4 Å². The van der Waals surface area contributed by atoms with Gasteiger partial charge < -0.3 is 11.1 Å². The first kappa shape index (κ1) is 11.7. The Balaban J connectivity index is 1.64. The summed E-state index contributed by atoms with van der Waals surface area (Å²) in [6, 6.07) is 11.8. The van der Waals surface area contributed by atoms with Gasteiger partial charge in [-0.25, -0.2) is 0 Å². The number of hydrogen-bond acceptors (Lipinski definition) is 3. The van der Waals surface area contributed by atoms with Gasteiger partial charge in [0.05, 0.1) is 17.6 Å². The molecule has 3 rings (SSSR count). The van der Waals surface area contributed by atoms with Gasteiger partial charge in [0.1, 0.15) is 0 Å². The number of anilines is 2. The van der Waals surface area contributed by atoms with Crippen molar-refractivity contribution in [2.24, 2.45) is 5.92 Å². The van der Waals surface area contributed by atoms with Gasteiger partial charge in [0.15, 0.2) is 0 Å². The van der Waals surface area contributed by atoms with Crippen molar-refractivity contribution in [3.8, 4) is 0 Å². The van der Waals surface area contributed by atoms with Crippen molar-refractivity contribution in [1.82, 2.24) is 4.98 Å². The number of aromatic nitrogens is 1. The quantitative estimate of drug-likeness (QED) is 0.882. The van der Waals surface area contributed by atoms with Crippen LogP contribution < -0.4 is 11.1 Å². The smallest absolute Gasteiger partial charge is 0.228 e. The molecule has 0 radical (unpaired) electrons. The monoisotopic (exact) mass is 253 g/mol. The van der Waals surface area contributed by atoms with Crippen LogP contribution in [0, 0.1) is 5.92 Å². The van der Waals surface area contributed by atoms with Crippen LogP contribution in [0.15, 0.2) is 48.8 Å². The van der Waals surface area contributed by atoms with Crippen LogP contribution in [0.5, 0.6) is 0 Å². The highest BCUT2D eigenvalue weighted by molar-refractivity contribution is 5.95. The van der Waals surface area contributed by atoms with Gasteiger partial charge in [0, 0.05) is 12.1 Å². The molecule has 2 aromatic rings. The molecule has 2 atom stereocenters. The highest BCUT2D eigenvalue weighted by Crippen LogP contribution is 2.47. The van der Waals surface area contributed by atoms with Crippen molar-refractivity contribution in [1.29, 1.82) is 0 Å². The molecule has 96 valence electrons. The molecule has 0 bridgehead atoms. The molecular weight excluding hydrogens is 238 g/mol. The van der Waals surface area contributed by atoms with Gasteiger partial charge in [-0.3, -0.25) is 9.78 Å². The van der Waals surface area contributed by atoms with Gasteiger partial charge in [0.2, 0.25) is 5.91 Å². The minimum Gasteiger partial charge on any atom is -0.397 e. The standard InChI is InChI=1S/C15H15N3O/c16-11-6-12(9-17-8-11)18-15(19)14-7-13(14)10-4-2-1-3-5-10/h1-6,8-9,13-14H,7,16H2,(H,18,19)/t13-,14?/m1/s1. The summed E-state index contributed by atoms with van der Waals surface area (Å²) in [5.41, 5.74) is 8.07. The van der Waals surface area contributed by atoms with Crippen LogP contribution in [-0.2, 0) is 4.79 Å². The van der Waals surface area contributed by atoms with Crippen molar-refractivity contribution < 1.29 is 4.79 Å². The van der Waals surface area contributed by atoms with Crippen LogP contribution in [0.25, 0.3) is 0 Å². The van der Waals surface area contributed by atoms with E-state index in [1.807, 2.05) is 18.2 Å². The first-order valence-corrected chi connectivity index (χ1v) is 6.30. The van der Waals surface area contributed by atoms with Crippen molar-refractivity contribution >= 4 is 17.3 Å². The molecular formula is C15H15N3O. The summed E-state index contributed by atoms with van der Waals surface area (Å²) in [5, 5.41) is 2.86. The maximum absolute atomic E-state index is 12.1. The number of hydrogen-bond donors (Lipinski definition) is 2. The van der Waals surface area contributed by atoms with E-state index < -0.39 is 0 Å². The Hall–Kier alpha value is -2.36. The number of nitrogen functional groups attached to an aromatic ring is 1. The van der Waals surface area contributed by atoms with Crippen LogP contribution in [0.3, 0.4) is 0 Å². The van der Waals surface area contributed by atoms with E-state index in [2.05, 4.69) is 22.4 Å². The SMILES string of the molecule is Nc1cncc(NC(=O)C2C[C@@H]2c2ccccc2)c1. The zero-order chi connectivity index (χ0) is 13.2. The number of carbonyl (C=O) groups excluding carboxylic acids is 1. The maximum Gasteiger partial charge on any atom is 0.228 e. The maximum atomic E-state index is 12.1. The fourth-order valence-corrected chi connectivity index (χ4v) is 2.31. The zero-order valence-corrected chi connectivity index (χ0v) is 10.4. The molecule has 4 heteroatoms. The van der Waals surface area contributed by atoms with Crippen LogP contribution in [0.2, 0.25) is 0 Å². The highest BCUT2D eigenvalue weighted by Gasteiger charge is 2.43. The summed E-state index contributed by atoms with van der Waals surface area (Å²) in [4.78, 5) is 16.0. The molecule has 1 aromatic heterocycles. The lowest BCUT2D eigenvalue weighted by atomic mass is 10.1. The number of pyridine rings is 1. The fourth-order valence-electron chi connectivity index (χ4n) is 2.31. The predicted molar refractivity (Wildman–Crippen MR) is 74.6 cm³/mol. The summed E-state index contributed by atoms with van der Waals surface area (Å²) in [6.45, 7) is 0. The number of nitrogens with one attached hydrogen (secondary N) is 1. The Morgan fingerprint density at radius 2 is 2.05 bits per heavy atom. The van der Waals surface area contributed by atoms with E-state index in [0.717, 1.165) is 6.42 Å². The normalized spacial score (nSPS) is 20.8. The number of nitrogens with two attached hydrogens (primary N) is 1. The lowest BCUT2D eigenvalue weighted by molar-refractivity contribution is -0.117. The summed E-state index contributed by atoms with van der Waals surface area (Å²) in [7, 11) is 0. The van der Waals surface area contributed by atoms with E-state index in [0.29, 0.717) is 17.3 Å². The second-order valence-electron chi connectivity index (χ2n) is 4.86. The topological polar surface area (TPSA) is 68.0 Å². The van der Waals surface area contributed by atoms with E-state index in [4.69, 9.17) is 5.73 Å². The third kappa shape index (κ3) is 2.57. The van der Waals surface area contributed by atoms with Crippen LogP contribution in [0.1, 0.15) is 17.9 Å². The Morgan fingerprint density at radius 1 is 1.26 bits per heavy atom. The number of nitrogens with zero attached hydrogens (tertiary/aromatic N) is 1. The summed E-state index contributed by atoms with van der Waals surface area (Å²) in [5.74, 6) is 0.445. The Kier molecular flexibility index (Phi) is 2.91. The van der Waals surface area contributed by atoms with Gasteiger partial charge in [-0.1, -0.05) is 30.3 Å². The molecule has 1 unspecified atom stereocenters. The third-order valence-corrected chi connectivity index (χ3v) is 3.38. The van der Waals surface area contributed by atoms with E-state index in [-0.39, 0.29) is 11.8 Å². The molecule has 3 N–H and O–H groups in total. The molecule has 1 heterocycles. The first-order chi connectivity index (χ1) is 9.24. The zero-order valence-electron chi connectivity index (χ0n) is 10.4. The van der Waals surface area contributed by atoms with Crippen LogP contribution in [-0.4, -0.2) is 10.9 Å². The van der Waals surface area contributed by atoms with Gasteiger partial charge in [-0.2, -0.15) is 0 Å². The summed E-state index contributed by atoms with van der Waals surface area (Å²) < 4.78 is 0. The molecule has 1 aliphatic carbocycles. The van der Waals surface area contributed by atoms with Crippen molar-refractivity contribution in [3.63, 3.8) is 0 Å². The number of rotatable bonds is 3. The molecule has 0 spiro atoms. The molecule has 1 amide bonds. The first-order valence-electron chi connectivity index (χ1n) is 6.30. The predicted octanol–water partition coefficient (Wildman–Crippen LogP) is 2.41. The lowest BCUT2D eigenvalue weighted by Crippen LogP contribution is -2.14. The second kappa shape index (κ2) is 4.72. The number of benzene rings is 1. The average molecular weight is 253 g/mol. The minimum atomic E-state index is 0.0428. The molecule has 4 nitrogen and oxygen atoms in total. The molecule has 1 aliphatic rings. The van der Waals surface area contributed by atoms with E-state index in [1.54, 1.807) is 18.5 Å². The van der Waals surface area contributed by atoms with Gasteiger partial charge >= 0.3 is 0 Å². The van der Waals surface area contributed by atoms with Crippen molar-refractivity contribution in [2.45, 2.75) is 12.3 Å².